The van der Waals surface area contributed by atoms with E-state index in [1.807, 2.05) is 0 Å². The molecule has 1 saturated carbocycles. The zero-order valence-corrected chi connectivity index (χ0v) is 14.3. The lowest BCUT2D eigenvalue weighted by Crippen LogP contribution is -2.33. The highest BCUT2D eigenvalue weighted by molar-refractivity contribution is 8.13. The van der Waals surface area contributed by atoms with Crippen LogP contribution in [-0.2, 0) is 13.8 Å². The zero-order chi connectivity index (χ0) is 14.9. The van der Waals surface area contributed by atoms with Crippen molar-refractivity contribution in [2.75, 3.05) is 19.0 Å². The number of unbranched alkanes of at least 4 members (excludes halogenated alkanes) is 3. The molecule has 0 unspecified atom stereocenters. The third-order valence-electron chi connectivity index (χ3n) is 4.19. The van der Waals surface area contributed by atoms with Crippen LogP contribution in [0.2, 0.25) is 0 Å². The van der Waals surface area contributed by atoms with E-state index < -0.39 is 9.05 Å². The molecule has 0 heterocycles. The van der Waals surface area contributed by atoms with Gasteiger partial charge in [-0.05, 0) is 19.3 Å². The highest BCUT2D eigenvalue weighted by Crippen LogP contribution is 2.37. The van der Waals surface area contributed by atoms with E-state index in [0.717, 1.165) is 38.7 Å². The molecule has 0 amide bonds. The Morgan fingerprint density at radius 3 is 2.25 bits per heavy atom. The predicted octanol–water partition coefficient (Wildman–Crippen LogP) is 4.49. The predicted molar refractivity (Wildman–Crippen MR) is 84.7 cm³/mol. The molecule has 120 valence electrons. The van der Waals surface area contributed by atoms with Gasteiger partial charge < -0.3 is 4.74 Å². The van der Waals surface area contributed by atoms with Crippen molar-refractivity contribution in [1.29, 1.82) is 0 Å². The first kappa shape index (κ1) is 18.2. The summed E-state index contributed by atoms with van der Waals surface area (Å²) in [5.74, 6) is 0.0660. The number of ether oxygens (including phenoxy) is 1. The van der Waals surface area contributed by atoms with Gasteiger partial charge in [-0.15, -0.1) is 0 Å². The minimum Gasteiger partial charge on any atom is -0.381 e. The number of halogens is 1. The summed E-state index contributed by atoms with van der Waals surface area (Å²) in [7, 11) is 2.05. The van der Waals surface area contributed by atoms with Crippen LogP contribution in [-0.4, -0.2) is 27.4 Å². The van der Waals surface area contributed by atoms with Gasteiger partial charge in [-0.1, -0.05) is 51.9 Å². The summed E-state index contributed by atoms with van der Waals surface area (Å²) in [5.41, 5.74) is -0.248. The average molecular weight is 325 g/mol. The number of hydrogen-bond donors (Lipinski definition) is 0. The number of rotatable bonds is 9. The molecular weight excluding hydrogens is 296 g/mol. The van der Waals surface area contributed by atoms with E-state index in [1.54, 1.807) is 0 Å². The Kier molecular flexibility index (Phi) is 8.45. The molecule has 0 spiro atoms. The second-order valence-electron chi connectivity index (χ2n) is 6.21. The van der Waals surface area contributed by atoms with Crippen LogP contribution in [0.25, 0.3) is 0 Å². The smallest absolute Gasteiger partial charge is 0.233 e. The molecule has 3 nitrogen and oxygen atoms in total. The molecule has 1 aliphatic rings. The largest absolute Gasteiger partial charge is 0.381 e. The second kappa shape index (κ2) is 9.26. The Labute approximate surface area is 128 Å². The highest BCUT2D eigenvalue weighted by Gasteiger charge is 2.35. The van der Waals surface area contributed by atoms with E-state index in [-0.39, 0.29) is 11.2 Å². The SMILES string of the molecule is CCCCCCOCC1(CS(=O)(=O)Cl)CCCCCC1. The van der Waals surface area contributed by atoms with Crippen LogP contribution in [0, 0.1) is 5.41 Å². The van der Waals surface area contributed by atoms with Crippen molar-refractivity contribution in [3.8, 4) is 0 Å². The Hall–Kier alpha value is 0.200. The van der Waals surface area contributed by atoms with E-state index in [2.05, 4.69) is 6.92 Å². The molecule has 0 saturated heterocycles. The van der Waals surface area contributed by atoms with Gasteiger partial charge >= 0.3 is 0 Å². The second-order valence-corrected chi connectivity index (χ2v) is 8.99. The number of hydrogen-bond acceptors (Lipinski definition) is 3. The Bertz CT molecular complexity index is 346. The fourth-order valence-electron chi connectivity index (χ4n) is 3.09. The Morgan fingerprint density at radius 1 is 1.05 bits per heavy atom. The first-order valence-electron chi connectivity index (χ1n) is 7.97. The van der Waals surface area contributed by atoms with Crippen molar-refractivity contribution in [3.63, 3.8) is 0 Å². The van der Waals surface area contributed by atoms with E-state index in [4.69, 9.17) is 15.4 Å². The van der Waals surface area contributed by atoms with E-state index in [0.29, 0.717) is 6.61 Å². The van der Waals surface area contributed by atoms with Crippen LogP contribution in [0.3, 0.4) is 0 Å². The van der Waals surface area contributed by atoms with Crippen LogP contribution in [0.5, 0.6) is 0 Å². The van der Waals surface area contributed by atoms with Gasteiger partial charge in [0.2, 0.25) is 9.05 Å². The highest BCUT2D eigenvalue weighted by atomic mass is 35.7. The molecule has 5 heteroatoms. The van der Waals surface area contributed by atoms with Crippen molar-refractivity contribution >= 4 is 19.7 Å². The molecular formula is C15H29ClO3S. The van der Waals surface area contributed by atoms with Gasteiger partial charge in [0.15, 0.2) is 0 Å². The fraction of sp³-hybridized carbons (Fsp3) is 1.00. The third kappa shape index (κ3) is 7.84. The summed E-state index contributed by atoms with van der Waals surface area (Å²) >= 11 is 0. The van der Waals surface area contributed by atoms with Crippen molar-refractivity contribution in [2.24, 2.45) is 5.41 Å². The molecule has 0 aromatic heterocycles. The summed E-state index contributed by atoms with van der Waals surface area (Å²) in [6, 6.07) is 0. The van der Waals surface area contributed by atoms with Crippen molar-refractivity contribution in [1.82, 2.24) is 0 Å². The van der Waals surface area contributed by atoms with Gasteiger partial charge in [-0.25, -0.2) is 8.42 Å². The summed E-state index contributed by atoms with van der Waals surface area (Å²) in [5, 5.41) is 0. The van der Waals surface area contributed by atoms with Gasteiger partial charge in [0.1, 0.15) is 0 Å². The average Bonchev–Trinajstić information content (AvgIpc) is 2.57. The zero-order valence-electron chi connectivity index (χ0n) is 12.7. The van der Waals surface area contributed by atoms with Gasteiger partial charge in [-0.3, -0.25) is 0 Å². The van der Waals surface area contributed by atoms with Gasteiger partial charge in [0, 0.05) is 22.7 Å². The fourth-order valence-corrected chi connectivity index (χ4v) is 4.89. The lowest BCUT2D eigenvalue weighted by molar-refractivity contribution is 0.0441. The minimum absolute atomic E-state index is 0.0660. The summed E-state index contributed by atoms with van der Waals surface area (Å²) in [6.45, 7) is 3.47. The maximum absolute atomic E-state index is 11.5. The molecule has 1 aliphatic carbocycles. The van der Waals surface area contributed by atoms with E-state index in [1.165, 1.54) is 32.1 Å². The topological polar surface area (TPSA) is 43.4 Å². The van der Waals surface area contributed by atoms with Crippen LogP contribution in [0.1, 0.15) is 71.1 Å². The monoisotopic (exact) mass is 324 g/mol. The molecule has 0 bridgehead atoms. The van der Waals surface area contributed by atoms with Crippen LogP contribution < -0.4 is 0 Å². The minimum atomic E-state index is -3.46. The quantitative estimate of drug-likeness (QED) is 0.356. The first-order valence-corrected chi connectivity index (χ1v) is 10.5. The maximum atomic E-state index is 11.5. The van der Waals surface area contributed by atoms with Gasteiger partial charge in [0.25, 0.3) is 0 Å². The van der Waals surface area contributed by atoms with Crippen LogP contribution >= 0.6 is 10.7 Å². The summed E-state index contributed by atoms with van der Waals surface area (Å²) in [4.78, 5) is 0. The summed E-state index contributed by atoms with van der Waals surface area (Å²) < 4.78 is 28.8. The van der Waals surface area contributed by atoms with E-state index >= 15 is 0 Å². The molecule has 0 radical (unpaired) electrons. The van der Waals surface area contributed by atoms with Crippen molar-refractivity contribution in [2.45, 2.75) is 71.1 Å². The molecule has 0 aromatic rings. The molecule has 0 aromatic carbocycles. The molecule has 0 N–H and O–H groups in total. The van der Waals surface area contributed by atoms with Crippen LogP contribution in [0.15, 0.2) is 0 Å². The first-order chi connectivity index (χ1) is 9.47. The molecule has 0 aliphatic heterocycles. The van der Waals surface area contributed by atoms with Gasteiger partial charge in [-0.2, -0.15) is 0 Å². The third-order valence-corrected chi connectivity index (χ3v) is 5.48. The molecule has 1 fully saturated rings. The standard InChI is InChI=1S/C15H29ClO3S/c1-2-3-4-9-12-19-13-15(14-20(16,17)18)10-7-5-6-8-11-15/h2-14H2,1H3. The van der Waals surface area contributed by atoms with E-state index in [9.17, 15) is 8.42 Å². The molecule has 1 rings (SSSR count). The lowest BCUT2D eigenvalue weighted by Gasteiger charge is -2.31. The Balaban J connectivity index is 2.45. The van der Waals surface area contributed by atoms with Crippen molar-refractivity contribution < 1.29 is 13.2 Å². The molecule has 20 heavy (non-hydrogen) atoms. The molecule has 0 atom stereocenters. The lowest BCUT2D eigenvalue weighted by atomic mass is 9.83. The summed E-state index contributed by atoms with van der Waals surface area (Å²) in [6.07, 6.45) is 11.1. The maximum Gasteiger partial charge on any atom is 0.233 e. The van der Waals surface area contributed by atoms with Gasteiger partial charge in [0.05, 0.1) is 12.4 Å². The normalized spacial score (nSPS) is 19.7. The van der Waals surface area contributed by atoms with Crippen LogP contribution in [0.4, 0.5) is 0 Å². The Morgan fingerprint density at radius 2 is 1.70 bits per heavy atom. The van der Waals surface area contributed by atoms with Crippen molar-refractivity contribution in [3.05, 3.63) is 0 Å².